The monoisotopic (exact) mass is 271 g/mol. The number of fused-ring (bicyclic) bond motifs is 1. The Morgan fingerprint density at radius 2 is 2.10 bits per heavy atom. The lowest BCUT2D eigenvalue weighted by molar-refractivity contribution is -0.139. The molecule has 102 valence electrons. The first-order valence-electron chi connectivity index (χ1n) is 5.88. The number of hydrogen-bond donors (Lipinski definition) is 3. The van der Waals surface area contributed by atoms with Crippen molar-refractivity contribution in [3.8, 4) is 0 Å². The Balaban J connectivity index is 2.39. The molecule has 6 nitrogen and oxygen atoms in total. The Kier molecular flexibility index (Phi) is 3.95. The summed E-state index contributed by atoms with van der Waals surface area (Å²) in [6.45, 7) is 0. The number of carboxylic acids is 1. The van der Waals surface area contributed by atoms with Gasteiger partial charge in [0.05, 0.1) is 6.21 Å². The van der Waals surface area contributed by atoms with E-state index in [0.717, 1.165) is 16.3 Å². The van der Waals surface area contributed by atoms with Gasteiger partial charge in [-0.3, -0.25) is 9.59 Å². The number of carbonyl (C=O) groups excluding carboxylic acids is 1. The molecule has 0 aliphatic carbocycles. The summed E-state index contributed by atoms with van der Waals surface area (Å²) < 4.78 is 0. The quantitative estimate of drug-likeness (QED) is 0.339. The molecule has 2 rings (SSSR count). The molecule has 4 N–H and O–H groups in total. The number of rotatable bonds is 4. The number of carbonyl (C=O) groups is 2. The van der Waals surface area contributed by atoms with Gasteiger partial charge in [-0.1, -0.05) is 24.3 Å². The SMILES string of the molecule is NN=Cc1ccc2cccc(NC(=O)CC(=O)O)c2c1. The molecule has 0 saturated carbocycles. The minimum absolute atomic E-state index is 0.557. The molecule has 2 aromatic rings. The van der Waals surface area contributed by atoms with Gasteiger partial charge in [0, 0.05) is 11.1 Å². The van der Waals surface area contributed by atoms with Crippen LogP contribution < -0.4 is 11.2 Å². The molecule has 0 bridgehead atoms. The Morgan fingerprint density at radius 3 is 2.80 bits per heavy atom. The predicted molar refractivity (Wildman–Crippen MR) is 76.6 cm³/mol. The third-order valence-electron chi connectivity index (χ3n) is 2.72. The van der Waals surface area contributed by atoms with Crippen molar-refractivity contribution < 1.29 is 14.7 Å². The zero-order chi connectivity index (χ0) is 14.5. The summed E-state index contributed by atoms with van der Waals surface area (Å²) in [5.41, 5.74) is 1.35. The maximum Gasteiger partial charge on any atom is 0.312 e. The number of nitrogens with two attached hydrogens (primary N) is 1. The van der Waals surface area contributed by atoms with Gasteiger partial charge < -0.3 is 16.3 Å². The highest BCUT2D eigenvalue weighted by Gasteiger charge is 2.09. The van der Waals surface area contributed by atoms with Crippen LogP contribution in [0.5, 0.6) is 0 Å². The number of amides is 1. The van der Waals surface area contributed by atoms with Gasteiger partial charge in [0.1, 0.15) is 6.42 Å². The number of hydrazone groups is 1. The third kappa shape index (κ3) is 3.11. The van der Waals surface area contributed by atoms with E-state index in [9.17, 15) is 9.59 Å². The molecular weight excluding hydrogens is 258 g/mol. The van der Waals surface area contributed by atoms with Crippen LogP contribution in [0.1, 0.15) is 12.0 Å². The van der Waals surface area contributed by atoms with Gasteiger partial charge in [0.15, 0.2) is 0 Å². The normalized spacial score (nSPS) is 10.8. The highest BCUT2D eigenvalue weighted by atomic mass is 16.4. The molecular formula is C14H13N3O3. The standard InChI is InChI=1S/C14H13N3O3/c15-16-8-9-4-5-10-2-1-3-12(11(10)6-9)17-13(18)7-14(19)20/h1-6,8H,7,15H2,(H,17,18)(H,19,20). The smallest absolute Gasteiger partial charge is 0.312 e. The molecule has 0 fully saturated rings. The summed E-state index contributed by atoms with van der Waals surface area (Å²) in [6, 6.07) is 10.9. The minimum atomic E-state index is -1.17. The minimum Gasteiger partial charge on any atom is -0.481 e. The molecule has 0 spiro atoms. The van der Waals surface area contributed by atoms with Gasteiger partial charge in [0.2, 0.25) is 5.91 Å². The van der Waals surface area contributed by atoms with E-state index in [2.05, 4.69) is 10.4 Å². The summed E-state index contributed by atoms with van der Waals surface area (Å²) in [5.74, 6) is 3.38. The molecule has 0 aliphatic rings. The zero-order valence-electron chi connectivity index (χ0n) is 10.5. The lowest BCUT2D eigenvalue weighted by Crippen LogP contribution is -2.16. The van der Waals surface area contributed by atoms with Crippen LogP contribution in [-0.4, -0.2) is 23.2 Å². The topological polar surface area (TPSA) is 105 Å². The van der Waals surface area contributed by atoms with E-state index < -0.39 is 18.3 Å². The molecule has 6 heteroatoms. The fourth-order valence-electron chi connectivity index (χ4n) is 1.90. The van der Waals surface area contributed by atoms with Crippen molar-refractivity contribution in [1.82, 2.24) is 0 Å². The Hall–Kier alpha value is -2.89. The second-order valence-corrected chi connectivity index (χ2v) is 4.18. The van der Waals surface area contributed by atoms with Gasteiger partial charge in [0.25, 0.3) is 0 Å². The van der Waals surface area contributed by atoms with Crippen LogP contribution in [0.2, 0.25) is 0 Å². The molecule has 0 heterocycles. The number of nitrogens with zero attached hydrogens (tertiary/aromatic N) is 1. The van der Waals surface area contributed by atoms with Crippen LogP contribution in [0, 0.1) is 0 Å². The average molecular weight is 271 g/mol. The average Bonchev–Trinajstić information content (AvgIpc) is 2.39. The zero-order valence-corrected chi connectivity index (χ0v) is 10.5. The molecule has 20 heavy (non-hydrogen) atoms. The first-order chi connectivity index (χ1) is 9.60. The Labute approximate surface area is 114 Å². The van der Waals surface area contributed by atoms with E-state index in [-0.39, 0.29) is 0 Å². The molecule has 0 saturated heterocycles. The van der Waals surface area contributed by atoms with Crippen molar-refractivity contribution in [3.63, 3.8) is 0 Å². The lowest BCUT2D eigenvalue weighted by Gasteiger charge is -2.08. The van der Waals surface area contributed by atoms with E-state index in [4.69, 9.17) is 10.9 Å². The lowest BCUT2D eigenvalue weighted by atomic mass is 10.1. The maximum absolute atomic E-state index is 11.5. The number of aliphatic carboxylic acids is 1. The van der Waals surface area contributed by atoms with Crippen LogP contribution in [0.15, 0.2) is 41.5 Å². The van der Waals surface area contributed by atoms with E-state index >= 15 is 0 Å². The van der Waals surface area contributed by atoms with Gasteiger partial charge in [-0.2, -0.15) is 5.10 Å². The van der Waals surface area contributed by atoms with Crippen molar-refractivity contribution in [2.24, 2.45) is 10.9 Å². The van der Waals surface area contributed by atoms with Crippen LogP contribution in [0.4, 0.5) is 5.69 Å². The largest absolute Gasteiger partial charge is 0.481 e. The van der Waals surface area contributed by atoms with Crippen molar-refractivity contribution in [2.45, 2.75) is 6.42 Å². The van der Waals surface area contributed by atoms with Crippen LogP contribution in [0.3, 0.4) is 0 Å². The summed E-state index contributed by atoms with van der Waals surface area (Å²) in [4.78, 5) is 22.0. The second-order valence-electron chi connectivity index (χ2n) is 4.18. The van der Waals surface area contributed by atoms with E-state index in [0.29, 0.717) is 5.69 Å². The first kappa shape index (κ1) is 13.5. The summed E-state index contributed by atoms with van der Waals surface area (Å²) in [5, 5.41) is 16.4. The number of anilines is 1. The van der Waals surface area contributed by atoms with Gasteiger partial charge in [-0.15, -0.1) is 0 Å². The number of hydrogen-bond acceptors (Lipinski definition) is 4. The van der Waals surface area contributed by atoms with Gasteiger partial charge >= 0.3 is 5.97 Å². The first-order valence-corrected chi connectivity index (χ1v) is 5.88. The van der Waals surface area contributed by atoms with Crippen LogP contribution >= 0.6 is 0 Å². The summed E-state index contributed by atoms with van der Waals surface area (Å²) in [7, 11) is 0. The number of benzene rings is 2. The van der Waals surface area contributed by atoms with Crippen LogP contribution in [-0.2, 0) is 9.59 Å². The molecule has 0 radical (unpaired) electrons. The van der Waals surface area contributed by atoms with Crippen molar-refractivity contribution >= 4 is 34.6 Å². The fourth-order valence-corrected chi connectivity index (χ4v) is 1.90. The maximum atomic E-state index is 11.5. The number of nitrogens with one attached hydrogen (secondary N) is 1. The molecule has 0 atom stereocenters. The molecule has 0 aliphatic heterocycles. The van der Waals surface area contributed by atoms with Crippen molar-refractivity contribution in [3.05, 3.63) is 42.0 Å². The van der Waals surface area contributed by atoms with Crippen molar-refractivity contribution in [1.29, 1.82) is 0 Å². The Morgan fingerprint density at radius 1 is 1.30 bits per heavy atom. The highest BCUT2D eigenvalue weighted by molar-refractivity contribution is 6.07. The predicted octanol–water partition coefficient (Wildman–Crippen LogP) is 1.55. The second kappa shape index (κ2) is 5.83. The van der Waals surface area contributed by atoms with Crippen molar-refractivity contribution in [2.75, 3.05) is 5.32 Å². The van der Waals surface area contributed by atoms with Crippen LogP contribution in [0.25, 0.3) is 10.8 Å². The van der Waals surface area contributed by atoms with E-state index in [1.54, 1.807) is 12.1 Å². The molecule has 2 aromatic carbocycles. The highest BCUT2D eigenvalue weighted by Crippen LogP contribution is 2.24. The molecule has 0 aromatic heterocycles. The summed E-state index contributed by atoms with van der Waals surface area (Å²) >= 11 is 0. The van der Waals surface area contributed by atoms with Gasteiger partial charge in [-0.05, 0) is 23.1 Å². The molecule has 1 amide bonds. The van der Waals surface area contributed by atoms with Gasteiger partial charge in [-0.25, -0.2) is 0 Å². The summed E-state index contributed by atoms with van der Waals surface area (Å²) in [6.07, 6.45) is 0.926. The third-order valence-corrected chi connectivity index (χ3v) is 2.72. The number of carboxylic acid groups (broad SMARTS) is 1. The Bertz CT molecular complexity index is 695. The molecule has 0 unspecified atom stereocenters. The van der Waals surface area contributed by atoms with E-state index in [1.807, 2.05) is 24.3 Å². The van der Waals surface area contributed by atoms with E-state index in [1.165, 1.54) is 6.21 Å². The fraction of sp³-hybridized carbons (Fsp3) is 0.0714.